The highest BCUT2D eigenvalue weighted by Crippen LogP contribution is 2.26. The van der Waals surface area contributed by atoms with E-state index >= 15 is 0 Å². The zero-order chi connectivity index (χ0) is 12.8. The SMILES string of the molecule is CN(CCN)CC(c1cccs1)N1CCOCC1.Cl. The second kappa shape index (κ2) is 8.89. The van der Waals surface area contributed by atoms with E-state index in [1.807, 2.05) is 11.3 Å². The van der Waals surface area contributed by atoms with E-state index in [4.69, 9.17) is 10.5 Å². The van der Waals surface area contributed by atoms with Gasteiger partial charge in [0.25, 0.3) is 0 Å². The maximum Gasteiger partial charge on any atom is 0.0594 e. The fourth-order valence-corrected chi connectivity index (χ4v) is 3.21. The summed E-state index contributed by atoms with van der Waals surface area (Å²) in [4.78, 5) is 6.29. The highest BCUT2D eigenvalue weighted by molar-refractivity contribution is 7.10. The Morgan fingerprint density at radius 3 is 2.79 bits per heavy atom. The summed E-state index contributed by atoms with van der Waals surface area (Å²) in [5.74, 6) is 0. The first-order chi connectivity index (χ1) is 8.81. The summed E-state index contributed by atoms with van der Waals surface area (Å²) in [6.07, 6.45) is 0. The normalized spacial score (nSPS) is 18.3. The van der Waals surface area contributed by atoms with Crippen LogP contribution >= 0.6 is 23.7 Å². The Kier molecular flexibility index (Phi) is 7.90. The molecule has 110 valence electrons. The maximum absolute atomic E-state index is 5.63. The van der Waals surface area contributed by atoms with E-state index in [9.17, 15) is 0 Å². The molecule has 0 aliphatic carbocycles. The lowest BCUT2D eigenvalue weighted by molar-refractivity contribution is 0.0103. The first-order valence-corrected chi connectivity index (χ1v) is 7.43. The van der Waals surface area contributed by atoms with E-state index in [-0.39, 0.29) is 12.4 Å². The number of likely N-dealkylation sites (N-methyl/N-ethyl adjacent to an activating group) is 1. The quantitative estimate of drug-likeness (QED) is 0.863. The van der Waals surface area contributed by atoms with E-state index in [1.54, 1.807) is 0 Å². The van der Waals surface area contributed by atoms with Crippen LogP contribution in [0.4, 0.5) is 0 Å². The molecule has 2 N–H and O–H groups in total. The summed E-state index contributed by atoms with van der Waals surface area (Å²) in [5, 5.41) is 2.16. The van der Waals surface area contributed by atoms with Gasteiger partial charge < -0.3 is 15.4 Å². The Morgan fingerprint density at radius 1 is 1.47 bits per heavy atom. The molecule has 1 aromatic heterocycles. The van der Waals surface area contributed by atoms with Crippen LogP contribution in [-0.2, 0) is 4.74 Å². The second-order valence-corrected chi connectivity index (χ2v) is 5.71. The molecular formula is C13H24ClN3OS. The van der Waals surface area contributed by atoms with Gasteiger partial charge in [-0.3, -0.25) is 4.90 Å². The highest BCUT2D eigenvalue weighted by atomic mass is 35.5. The number of nitrogens with zero attached hydrogens (tertiary/aromatic N) is 2. The summed E-state index contributed by atoms with van der Waals surface area (Å²) < 4.78 is 5.45. The van der Waals surface area contributed by atoms with Gasteiger partial charge in [-0.15, -0.1) is 23.7 Å². The predicted molar refractivity (Wildman–Crippen MR) is 83.3 cm³/mol. The molecule has 0 amide bonds. The summed E-state index contributed by atoms with van der Waals surface area (Å²) in [6, 6.07) is 4.85. The van der Waals surface area contributed by atoms with Gasteiger partial charge in [0.05, 0.1) is 19.3 Å². The minimum absolute atomic E-state index is 0. The Morgan fingerprint density at radius 2 is 2.21 bits per heavy atom. The van der Waals surface area contributed by atoms with Crippen molar-refractivity contribution in [2.24, 2.45) is 5.73 Å². The van der Waals surface area contributed by atoms with Crippen molar-refractivity contribution in [2.75, 3.05) is 53.0 Å². The van der Waals surface area contributed by atoms with E-state index in [0.717, 1.165) is 45.9 Å². The van der Waals surface area contributed by atoms with E-state index in [2.05, 4.69) is 34.4 Å². The summed E-state index contributed by atoms with van der Waals surface area (Å²) in [6.45, 7) is 6.46. The standard InChI is InChI=1S/C13H23N3OS.ClH/c1-15(5-4-14)11-12(13-3-2-10-18-13)16-6-8-17-9-7-16;/h2-3,10,12H,4-9,11,14H2,1H3;1H. The van der Waals surface area contributed by atoms with Crippen LogP contribution in [0.5, 0.6) is 0 Å². The third kappa shape index (κ3) is 5.02. The molecular weight excluding hydrogens is 282 g/mol. The zero-order valence-electron chi connectivity index (χ0n) is 11.5. The van der Waals surface area contributed by atoms with Gasteiger partial charge in [-0.1, -0.05) is 6.07 Å². The molecule has 19 heavy (non-hydrogen) atoms. The van der Waals surface area contributed by atoms with Crippen molar-refractivity contribution in [2.45, 2.75) is 6.04 Å². The van der Waals surface area contributed by atoms with Crippen LogP contribution in [0.1, 0.15) is 10.9 Å². The number of halogens is 1. The van der Waals surface area contributed by atoms with Gasteiger partial charge in [0.1, 0.15) is 0 Å². The van der Waals surface area contributed by atoms with Crippen molar-refractivity contribution >= 4 is 23.7 Å². The third-order valence-corrected chi connectivity index (χ3v) is 4.33. The number of rotatable bonds is 6. The lowest BCUT2D eigenvalue weighted by Crippen LogP contribution is -2.43. The van der Waals surface area contributed by atoms with Crippen molar-refractivity contribution in [1.82, 2.24) is 9.80 Å². The van der Waals surface area contributed by atoms with Gasteiger partial charge in [-0.25, -0.2) is 0 Å². The first kappa shape index (κ1) is 16.9. The molecule has 1 atom stereocenters. The minimum Gasteiger partial charge on any atom is -0.379 e. The topological polar surface area (TPSA) is 41.7 Å². The molecule has 0 spiro atoms. The molecule has 0 aromatic carbocycles. The van der Waals surface area contributed by atoms with Crippen LogP contribution in [0.2, 0.25) is 0 Å². The van der Waals surface area contributed by atoms with Crippen LogP contribution in [-0.4, -0.2) is 62.8 Å². The number of hydrogen-bond donors (Lipinski definition) is 1. The van der Waals surface area contributed by atoms with Crippen molar-refractivity contribution < 1.29 is 4.74 Å². The van der Waals surface area contributed by atoms with Gasteiger partial charge >= 0.3 is 0 Å². The Bertz CT molecular complexity index is 331. The number of morpholine rings is 1. The summed E-state index contributed by atoms with van der Waals surface area (Å²) in [7, 11) is 2.15. The van der Waals surface area contributed by atoms with E-state index in [1.165, 1.54) is 4.88 Å². The van der Waals surface area contributed by atoms with Crippen LogP contribution in [0, 0.1) is 0 Å². The minimum atomic E-state index is 0. The van der Waals surface area contributed by atoms with Crippen molar-refractivity contribution in [3.8, 4) is 0 Å². The molecule has 0 bridgehead atoms. The molecule has 0 saturated carbocycles. The molecule has 6 heteroatoms. The summed E-state index contributed by atoms with van der Waals surface area (Å²) in [5.41, 5.74) is 5.63. The molecule has 2 rings (SSSR count). The largest absolute Gasteiger partial charge is 0.379 e. The van der Waals surface area contributed by atoms with Gasteiger partial charge in [0.15, 0.2) is 0 Å². The second-order valence-electron chi connectivity index (χ2n) is 4.73. The molecule has 1 aliphatic rings. The number of thiophene rings is 1. The molecule has 0 radical (unpaired) electrons. The average molecular weight is 306 g/mol. The fourth-order valence-electron chi connectivity index (χ4n) is 2.36. The smallest absolute Gasteiger partial charge is 0.0594 e. The monoisotopic (exact) mass is 305 g/mol. The first-order valence-electron chi connectivity index (χ1n) is 6.55. The van der Waals surface area contributed by atoms with Gasteiger partial charge in [0.2, 0.25) is 0 Å². The van der Waals surface area contributed by atoms with Gasteiger partial charge in [-0.2, -0.15) is 0 Å². The third-order valence-electron chi connectivity index (χ3n) is 3.35. The Hall–Kier alpha value is -0.170. The Labute approximate surface area is 125 Å². The zero-order valence-corrected chi connectivity index (χ0v) is 13.1. The maximum atomic E-state index is 5.63. The molecule has 1 saturated heterocycles. The van der Waals surface area contributed by atoms with Crippen LogP contribution in [0.3, 0.4) is 0 Å². The van der Waals surface area contributed by atoms with Crippen molar-refractivity contribution in [3.05, 3.63) is 22.4 Å². The van der Waals surface area contributed by atoms with E-state index in [0.29, 0.717) is 6.04 Å². The van der Waals surface area contributed by atoms with E-state index < -0.39 is 0 Å². The lowest BCUT2D eigenvalue weighted by Gasteiger charge is -2.36. The molecule has 1 aromatic rings. The van der Waals surface area contributed by atoms with Crippen LogP contribution < -0.4 is 5.73 Å². The lowest BCUT2D eigenvalue weighted by atomic mass is 10.1. The summed E-state index contributed by atoms with van der Waals surface area (Å²) >= 11 is 1.84. The van der Waals surface area contributed by atoms with Crippen molar-refractivity contribution in [1.29, 1.82) is 0 Å². The Balaban J connectivity index is 0.00000180. The molecule has 1 unspecified atom stereocenters. The number of ether oxygens (including phenoxy) is 1. The number of nitrogens with two attached hydrogens (primary N) is 1. The molecule has 1 fully saturated rings. The van der Waals surface area contributed by atoms with Crippen LogP contribution in [0.25, 0.3) is 0 Å². The van der Waals surface area contributed by atoms with Crippen LogP contribution in [0.15, 0.2) is 17.5 Å². The molecule has 4 nitrogen and oxygen atoms in total. The van der Waals surface area contributed by atoms with Crippen molar-refractivity contribution in [3.63, 3.8) is 0 Å². The predicted octanol–water partition coefficient (Wildman–Crippen LogP) is 1.43. The number of hydrogen-bond acceptors (Lipinski definition) is 5. The average Bonchev–Trinajstić information content (AvgIpc) is 2.91. The highest BCUT2D eigenvalue weighted by Gasteiger charge is 2.24. The molecule has 2 heterocycles. The van der Waals surface area contributed by atoms with Gasteiger partial charge in [0, 0.05) is 37.6 Å². The fraction of sp³-hybridized carbons (Fsp3) is 0.692. The molecule has 1 aliphatic heterocycles. The van der Waals surface area contributed by atoms with Gasteiger partial charge in [-0.05, 0) is 18.5 Å².